The Labute approximate surface area is 281 Å². The van der Waals surface area contributed by atoms with Crippen LogP contribution in [0.3, 0.4) is 0 Å². The predicted molar refractivity (Wildman–Crippen MR) is 181 cm³/mol. The highest BCUT2D eigenvalue weighted by Crippen LogP contribution is 2.66. The minimum Gasteiger partial charge on any atom is -0.461 e. The Morgan fingerprint density at radius 1 is 0.957 bits per heavy atom. The van der Waals surface area contributed by atoms with E-state index in [1.165, 1.54) is 13.8 Å². The fourth-order valence-corrected chi connectivity index (χ4v) is 10.8. The van der Waals surface area contributed by atoms with E-state index in [0.29, 0.717) is 5.56 Å². The zero-order chi connectivity index (χ0) is 35.5. The number of fused-ring (bicyclic) bond motifs is 3. The molecule has 262 valence electrons. The van der Waals surface area contributed by atoms with Crippen LogP contribution in [0.15, 0.2) is 41.5 Å². The van der Waals surface area contributed by atoms with Crippen LogP contribution < -0.4 is 0 Å². The van der Waals surface area contributed by atoms with Gasteiger partial charge in [0.05, 0.1) is 23.7 Å². The average molecular weight is 673 g/mol. The standard InChI is InChI=1S/C37H56O9Si/c1-13-36(45-25(6)39)28(40)19-21(2)35(9)30(36)32(44-33(41)26-17-15-14-16-18-26)37(42)20-27(46-47(10,11)12)22(3)29(34(37,7)8)23(4)31(35)43-24(5)38/h14-18,21,23,27-28,30-32,40,42H,13,19-20H2,1-12H3/t21-,23+,27-,28+,30?,31+,32?,35+,36-,37+/m0/s1. The molecule has 47 heavy (non-hydrogen) atoms. The van der Waals surface area contributed by atoms with Gasteiger partial charge >= 0.3 is 17.9 Å². The zero-order valence-electron chi connectivity index (χ0n) is 30.3. The fraction of sp³-hybridized carbons (Fsp3) is 0.703. The highest BCUT2D eigenvalue weighted by Gasteiger charge is 2.74. The number of carbonyl (C=O) groups excluding carboxylic acids is 3. The first-order valence-electron chi connectivity index (χ1n) is 17.0. The molecule has 0 spiro atoms. The quantitative estimate of drug-likeness (QED) is 0.150. The summed E-state index contributed by atoms with van der Waals surface area (Å²) in [7, 11) is -2.19. The van der Waals surface area contributed by atoms with Gasteiger partial charge in [-0.15, -0.1) is 0 Å². The second-order valence-electron chi connectivity index (χ2n) is 16.0. The number of esters is 3. The van der Waals surface area contributed by atoms with E-state index >= 15 is 0 Å². The van der Waals surface area contributed by atoms with Gasteiger partial charge in [0.15, 0.2) is 8.32 Å². The van der Waals surface area contributed by atoms with Gasteiger partial charge in [-0.3, -0.25) is 9.59 Å². The summed E-state index contributed by atoms with van der Waals surface area (Å²) >= 11 is 0. The molecular weight excluding hydrogens is 616 g/mol. The average Bonchev–Trinajstić information content (AvgIpc) is 2.95. The van der Waals surface area contributed by atoms with E-state index in [4.69, 9.17) is 18.6 Å². The van der Waals surface area contributed by atoms with Gasteiger partial charge in [0, 0.05) is 37.0 Å². The second-order valence-corrected chi connectivity index (χ2v) is 20.4. The van der Waals surface area contributed by atoms with Gasteiger partial charge < -0.3 is 28.8 Å². The summed E-state index contributed by atoms with van der Waals surface area (Å²) in [6.45, 7) is 22.6. The lowest BCUT2D eigenvalue weighted by molar-refractivity contribution is -0.299. The van der Waals surface area contributed by atoms with Gasteiger partial charge in [-0.2, -0.15) is 0 Å². The van der Waals surface area contributed by atoms with Crippen LogP contribution in [0.1, 0.15) is 91.9 Å². The Hall–Kier alpha value is -2.53. The van der Waals surface area contributed by atoms with Crippen molar-refractivity contribution in [2.24, 2.45) is 28.6 Å². The topological polar surface area (TPSA) is 129 Å². The number of ether oxygens (including phenoxy) is 3. The lowest BCUT2D eigenvalue weighted by Crippen LogP contribution is -2.76. The first-order valence-corrected chi connectivity index (χ1v) is 20.4. The minimum atomic E-state index is -2.19. The molecule has 0 heterocycles. The molecule has 2 fully saturated rings. The maximum absolute atomic E-state index is 14.2. The van der Waals surface area contributed by atoms with Crippen molar-refractivity contribution in [1.29, 1.82) is 0 Å². The van der Waals surface area contributed by atoms with E-state index in [1.54, 1.807) is 30.3 Å². The highest BCUT2D eigenvalue weighted by atomic mass is 28.4. The van der Waals surface area contributed by atoms with Gasteiger partial charge in [-0.05, 0) is 63.0 Å². The Bertz CT molecular complexity index is 1400. The minimum absolute atomic E-state index is 0.105. The fourth-order valence-electron chi connectivity index (χ4n) is 9.64. The van der Waals surface area contributed by atoms with E-state index in [0.717, 1.165) is 11.1 Å². The van der Waals surface area contributed by atoms with Crippen LogP contribution in [-0.4, -0.2) is 72.1 Å². The molecule has 0 saturated heterocycles. The third-order valence-corrected chi connectivity index (χ3v) is 12.8. The SMILES string of the molecule is CC[C@@]1(OC(C)=O)C2C(OC(=O)c3ccccc3)[C@]3(O)C[C@H](O[Si](C)(C)C)C(C)=C([C@@H](C)[C@@H](OC(C)=O)[C@]2(C)[C@@H](C)C[C@H]1O)C3(C)C. The zero-order valence-corrected chi connectivity index (χ0v) is 31.3. The lowest BCUT2D eigenvalue weighted by atomic mass is 9.42. The lowest BCUT2D eigenvalue weighted by Gasteiger charge is -2.67. The maximum atomic E-state index is 14.2. The van der Waals surface area contributed by atoms with Crippen molar-refractivity contribution in [3.63, 3.8) is 0 Å². The van der Waals surface area contributed by atoms with Crippen LogP contribution in [0.5, 0.6) is 0 Å². The summed E-state index contributed by atoms with van der Waals surface area (Å²) in [6.07, 6.45) is -3.30. The second kappa shape index (κ2) is 12.7. The van der Waals surface area contributed by atoms with E-state index in [2.05, 4.69) is 19.6 Å². The largest absolute Gasteiger partial charge is 0.461 e. The summed E-state index contributed by atoms with van der Waals surface area (Å²) in [4.78, 5) is 40.1. The van der Waals surface area contributed by atoms with Crippen molar-refractivity contribution in [3.8, 4) is 0 Å². The van der Waals surface area contributed by atoms with Gasteiger partial charge in [0.1, 0.15) is 23.4 Å². The van der Waals surface area contributed by atoms with Gasteiger partial charge in [-0.25, -0.2) is 4.79 Å². The third-order valence-electron chi connectivity index (χ3n) is 11.8. The Balaban J connectivity index is 2.18. The monoisotopic (exact) mass is 672 g/mol. The van der Waals surface area contributed by atoms with Crippen LogP contribution in [0.4, 0.5) is 0 Å². The molecule has 0 amide bonds. The Kier molecular flexibility index (Phi) is 10.1. The van der Waals surface area contributed by atoms with Crippen molar-refractivity contribution < 1.29 is 43.2 Å². The van der Waals surface area contributed by atoms with Crippen LogP contribution in [-0.2, 0) is 28.2 Å². The summed E-state index contributed by atoms with van der Waals surface area (Å²) in [5.74, 6) is -3.49. The molecule has 0 aromatic heterocycles. The molecule has 10 atom stereocenters. The third kappa shape index (κ3) is 6.12. The number of hydrogen-bond donors (Lipinski definition) is 2. The number of benzene rings is 1. The summed E-state index contributed by atoms with van der Waals surface area (Å²) < 4.78 is 26.0. The number of rotatable bonds is 7. The molecule has 3 aliphatic carbocycles. The molecule has 10 heteroatoms. The molecule has 0 radical (unpaired) electrons. The van der Waals surface area contributed by atoms with Crippen molar-refractivity contribution >= 4 is 26.2 Å². The van der Waals surface area contributed by atoms with Crippen molar-refractivity contribution in [2.45, 2.75) is 137 Å². The molecular formula is C37H56O9Si. The van der Waals surface area contributed by atoms with E-state index in [-0.39, 0.29) is 25.2 Å². The molecule has 2 unspecified atom stereocenters. The van der Waals surface area contributed by atoms with E-state index in [9.17, 15) is 24.6 Å². The Morgan fingerprint density at radius 2 is 1.55 bits per heavy atom. The van der Waals surface area contributed by atoms with Crippen molar-refractivity contribution in [3.05, 3.63) is 47.0 Å². The molecule has 9 nitrogen and oxygen atoms in total. The molecule has 4 rings (SSSR count). The number of carbonyl (C=O) groups is 3. The normalized spacial score (nSPS) is 38.4. The highest BCUT2D eigenvalue weighted by molar-refractivity contribution is 6.69. The van der Waals surface area contributed by atoms with Crippen molar-refractivity contribution in [1.82, 2.24) is 0 Å². The number of aliphatic hydroxyl groups excluding tert-OH is 1. The smallest absolute Gasteiger partial charge is 0.338 e. The molecule has 0 aliphatic heterocycles. The van der Waals surface area contributed by atoms with E-state index < -0.39 is 84.5 Å². The van der Waals surface area contributed by atoms with Crippen LogP contribution >= 0.6 is 0 Å². The number of hydrogen-bond acceptors (Lipinski definition) is 9. The molecule has 1 aromatic carbocycles. The molecule has 3 aliphatic rings. The van der Waals surface area contributed by atoms with Crippen molar-refractivity contribution in [2.75, 3.05) is 0 Å². The number of aliphatic hydroxyl groups is 2. The van der Waals surface area contributed by atoms with Crippen LogP contribution in [0.25, 0.3) is 0 Å². The molecule has 1 aromatic rings. The van der Waals surface area contributed by atoms with Gasteiger partial charge in [0.25, 0.3) is 0 Å². The molecule has 2 saturated carbocycles. The first-order chi connectivity index (χ1) is 21.6. The van der Waals surface area contributed by atoms with Crippen LogP contribution in [0.2, 0.25) is 19.6 Å². The summed E-state index contributed by atoms with van der Waals surface area (Å²) in [5.41, 5.74) is -3.32. The Morgan fingerprint density at radius 3 is 2.06 bits per heavy atom. The van der Waals surface area contributed by atoms with Gasteiger partial charge in [0.2, 0.25) is 0 Å². The van der Waals surface area contributed by atoms with Crippen LogP contribution in [0, 0.1) is 28.6 Å². The first kappa shape index (κ1) is 37.3. The molecule has 2 bridgehead atoms. The predicted octanol–water partition coefficient (Wildman–Crippen LogP) is 6.23. The summed E-state index contributed by atoms with van der Waals surface area (Å²) in [5, 5.41) is 25.6. The molecule has 2 N–H and O–H groups in total. The summed E-state index contributed by atoms with van der Waals surface area (Å²) in [6, 6.07) is 8.57. The maximum Gasteiger partial charge on any atom is 0.338 e. The van der Waals surface area contributed by atoms with Gasteiger partial charge in [-0.1, -0.05) is 65.3 Å². The van der Waals surface area contributed by atoms with E-state index in [1.807, 2.05) is 48.5 Å².